The monoisotopic (exact) mass is 335 g/mol. The second kappa shape index (κ2) is 16.9. The van der Waals surface area contributed by atoms with E-state index in [1.807, 2.05) is 0 Å². The molecular formula is C6H21Cl3N3O4P. The van der Waals surface area contributed by atoms with Crippen molar-refractivity contribution in [3.8, 4) is 0 Å². The number of rotatable bonds is 9. The molecule has 0 saturated carbocycles. The summed E-state index contributed by atoms with van der Waals surface area (Å²) >= 11 is 0. The number of hydrogen-bond acceptors (Lipinski definition) is 7. The van der Waals surface area contributed by atoms with Gasteiger partial charge in [-0.1, -0.05) is 0 Å². The summed E-state index contributed by atoms with van der Waals surface area (Å²) in [7, 11) is -3.51. The zero-order valence-electron chi connectivity index (χ0n) is 9.28. The van der Waals surface area contributed by atoms with Crippen LogP contribution in [0.15, 0.2) is 0 Å². The zero-order chi connectivity index (χ0) is 10.9. The highest BCUT2D eigenvalue weighted by Crippen LogP contribution is 2.48. The second-order valence-corrected chi connectivity index (χ2v) is 3.98. The molecule has 0 rings (SSSR count). The Morgan fingerprint density at radius 3 is 1.12 bits per heavy atom. The van der Waals surface area contributed by atoms with Crippen molar-refractivity contribution in [2.24, 2.45) is 17.2 Å². The van der Waals surface area contributed by atoms with Crippen LogP contribution in [0.4, 0.5) is 0 Å². The number of phosphoric acid groups is 1. The molecule has 0 aromatic heterocycles. The Morgan fingerprint density at radius 2 is 0.941 bits per heavy atom. The van der Waals surface area contributed by atoms with Crippen LogP contribution < -0.4 is 17.2 Å². The molecule has 0 atom stereocenters. The van der Waals surface area contributed by atoms with Crippen molar-refractivity contribution in [2.75, 3.05) is 39.5 Å². The predicted octanol–water partition coefficient (Wildman–Crippen LogP) is 0.286. The summed E-state index contributed by atoms with van der Waals surface area (Å²) in [6, 6.07) is 0. The van der Waals surface area contributed by atoms with Gasteiger partial charge in [0.15, 0.2) is 0 Å². The molecule has 0 unspecified atom stereocenters. The van der Waals surface area contributed by atoms with E-state index >= 15 is 0 Å². The molecule has 0 bridgehead atoms. The average Bonchev–Trinajstić information content (AvgIpc) is 2.21. The van der Waals surface area contributed by atoms with Gasteiger partial charge in [-0.2, -0.15) is 0 Å². The quantitative estimate of drug-likeness (QED) is 0.517. The molecule has 7 nitrogen and oxygen atoms in total. The Morgan fingerprint density at radius 1 is 0.706 bits per heavy atom. The van der Waals surface area contributed by atoms with Gasteiger partial charge in [-0.05, 0) is 0 Å². The highest BCUT2D eigenvalue weighted by Gasteiger charge is 2.25. The molecule has 0 aliphatic rings. The van der Waals surface area contributed by atoms with E-state index < -0.39 is 7.82 Å². The Labute approximate surface area is 120 Å². The van der Waals surface area contributed by atoms with Gasteiger partial charge >= 0.3 is 7.82 Å². The lowest BCUT2D eigenvalue weighted by molar-refractivity contribution is 0.120. The fraction of sp³-hybridized carbons (Fsp3) is 1.00. The third kappa shape index (κ3) is 14.8. The molecule has 11 heteroatoms. The zero-order valence-corrected chi connectivity index (χ0v) is 12.6. The van der Waals surface area contributed by atoms with Gasteiger partial charge in [0.05, 0.1) is 19.8 Å². The van der Waals surface area contributed by atoms with E-state index in [1.165, 1.54) is 0 Å². The molecule has 0 saturated heterocycles. The molecule has 0 amide bonds. The minimum Gasteiger partial charge on any atom is -0.328 e. The minimum atomic E-state index is -3.51. The van der Waals surface area contributed by atoms with Gasteiger partial charge in [0.1, 0.15) is 0 Å². The maximum atomic E-state index is 11.7. The lowest BCUT2D eigenvalue weighted by atomic mass is 10.8. The molecule has 0 aromatic carbocycles. The number of nitrogens with two attached hydrogens (primary N) is 3. The van der Waals surface area contributed by atoms with Crippen LogP contribution in [-0.4, -0.2) is 39.5 Å². The molecule has 0 aliphatic carbocycles. The molecular weight excluding hydrogens is 315 g/mol. The van der Waals surface area contributed by atoms with Crippen molar-refractivity contribution in [3.05, 3.63) is 0 Å². The van der Waals surface area contributed by atoms with Crippen LogP contribution in [0.3, 0.4) is 0 Å². The Balaban J connectivity index is -0.000000282. The number of hydrogen-bond donors (Lipinski definition) is 3. The van der Waals surface area contributed by atoms with Gasteiger partial charge in [-0.25, -0.2) is 4.57 Å². The van der Waals surface area contributed by atoms with Crippen LogP contribution in [0.1, 0.15) is 0 Å². The van der Waals surface area contributed by atoms with E-state index in [-0.39, 0.29) is 76.7 Å². The van der Waals surface area contributed by atoms with Gasteiger partial charge in [-0.3, -0.25) is 13.6 Å². The van der Waals surface area contributed by atoms with Gasteiger partial charge in [0, 0.05) is 19.6 Å². The van der Waals surface area contributed by atoms with Crippen LogP contribution in [0.2, 0.25) is 0 Å². The summed E-state index contributed by atoms with van der Waals surface area (Å²) in [5, 5.41) is 0. The van der Waals surface area contributed by atoms with E-state index in [9.17, 15) is 4.57 Å². The fourth-order valence-corrected chi connectivity index (χ4v) is 1.82. The average molecular weight is 337 g/mol. The van der Waals surface area contributed by atoms with Crippen LogP contribution in [-0.2, 0) is 18.1 Å². The van der Waals surface area contributed by atoms with Crippen molar-refractivity contribution in [1.82, 2.24) is 0 Å². The van der Waals surface area contributed by atoms with Crippen molar-refractivity contribution in [1.29, 1.82) is 0 Å². The van der Waals surface area contributed by atoms with Gasteiger partial charge in [0.25, 0.3) is 0 Å². The first-order valence-electron chi connectivity index (χ1n) is 4.32. The Kier molecular flexibility index (Phi) is 26.2. The summed E-state index contributed by atoms with van der Waals surface area (Å²) < 4.78 is 26.2. The Bertz CT molecular complexity index is 163. The summed E-state index contributed by atoms with van der Waals surface area (Å²) in [5.74, 6) is 0. The number of halogens is 3. The first-order valence-corrected chi connectivity index (χ1v) is 5.78. The van der Waals surface area contributed by atoms with Crippen LogP contribution in [0.25, 0.3) is 0 Å². The SMILES string of the molecule is Cl.Cl.Cl.NCCOP(=O)(OCCN)OCCN. The third-order valence-electron chi connectivity index (χ3n) is 1.10. The lowest BCUT2D eigenvalue weighted by Gasteiger charge is -2.16. The first-order chi connectivity index (χ1) is 6.68. The van der Waals surface area contributed by atoms with Crippen LogP contribution in [0.5, 0.6) is 0 Å². The molecule has 0 spiro atoms. The van der Waals surface area contributed by atoms with E-state index in [2.05, 4.69) is 0 Å². The smallest absolute Gasteiger partial charge is 0.328 e. The normalized spacial score (nSPS) is 9.82. The maximum Gasteiger partial charge on any atom is 0.474 e. The molecule has 17 heavy (non-hydrogen) atoms. The Hall–Kier alpha value is 0.860. The predicted molar refractivity (Wildman–Crippen MR) is 74.4 cm³/mol. The summed E-state index contributed by atoms with van der Waals surface area (Å²) in [5.41, 5.74) is 15.6. The second-order valence-electron chi connectivity index (χ2n) is 2.31. The van der Waals surface area contributed by atoms with Gasteiger partial charge in [0.2, 0.25) is 0 Å². The van der Waals surface area contributed by atoms with Gasteiger partial charge < -0.3 is 17.2 Å². The van der Waals surface area contributed by atoms with E-state index in [0.717, 1.165) is 0 Å². The standard InChI is InChI=1S/C6H18N3O4P.3ClH/c7-1-4-11-14(10,12-5-2-8)13-6-3-9;;;/h1-9H2;3*1H. The van der Waals surface area contributed by atoms with Crippen molar-refractivity contribution in [2.45, 2.75) is 0 Å². The van der Waals surface area contributed by atoms with E-state index in [0.29, 0.717) is 0 Å². The summed E-state index contributed by atoms with van der Waals surface area (Å²) in [6.45, 7) is 1.02. The highest BCUT2D eigenvalue weighted by molar-refractivity contribution is 7.48. The molecule has 6 N–H and O–H groups in total. The minimum absolute atomic E-state index is 0. The van der Waals surface area contributed by atoms with E-state index in [1.54, 1.807) is 0 Å². The first kappa shape index (κ1) is 26.4. The molecule has 110 valence electrons. The molecule has 0 aliphatic heterocycles. The topological polar surface area (TPSA) is 123 Å². The van der Waals surface area contributed by atoms with E-state index in [4.69, 9.17) is 30.8 Å². The molecule has 0 aromatic rings. The maximum absolute atomic E-state index is 11.7. The lowest BCUT2D eigenvalue weighted by Crippen LogP contribution is -2.15. The largest absolute Gasteiger partial charge is 0.474 e. The van der Waals surface area contributed by atoms with Crippen molar-refractivity contribution >= 4 is 45.0 Å². The summed E-state index contributed by atoms with van der Waals surface area (Å²) in [4.78, 5) is 0. The third-order valence-corrected chi connectivity index (χ3v) is 2.60. The highest BCUT2D eigenvalue weighted by atomic mass is 35.5. The van der Waals surface area contributed by atoms with Crippen LogP contribution in [0, 0.1) is 0 Å². The van der Waals surface area contributed by atoms with Gasteiger partial charge in [-0.15, -0.1) is 37.2 Å². The van der Waals surface area contributed by atoms with Crippen LogP contribution >= 0.6 is 45.0 Å². The molecule has 0 heterocycles. The number of phosphoric ester groups is 1. The van der Waals surface area contributed by atoms with Crippen molar-refractivity contribution < 1.29 is 18.1 Å². The summed E-state index contributed by atoms with van der Waals surface area (Å²) in [6.07, 6.45) is 0. The van der Waals surface area contributed by atoms with Crippen molar-refractivity contribution in [3.63, 3.8) is 0 Å². The molecule has 0 fully saturated rings. The molecule has 0 radical (unpaired) electrons. The fourth-order valence-electron chi connectivity index (χ4n) is 0.605.